The first-order valence-corrected chi connectivity index (χ1v) is 7.79. The van der Waals surface area contributed by atoms with E-state index < -0.39 is 0 Å². The molecule has 136 valence electrons. The molecule has 0 bridgehead atoms. The van der Waals surface area contributed by atoms with Crippen molar-refractivity contribution >= 4 is 24.8 Å². The van der Waals surface area contributed by atoms with Crippen LogP contribution in [0.25, 0.3) is 0 Å². The van der Waals surface area contributed by atoms with Crippen molar-refractivity contribution in [3.8, 4) is 0 Å². The van der Waals surface area contributed by atoms with Gasteiger partial charge in [-0.05, 0) is 0 Å². The predicted molar refractivity (Wildman–Crippen MR) is 111 cm³/mol. The van der Waals surface area contributed by atoms with E-state index >= 15 is 0 Å². The molecule has 3 heteroatoms. The normalized spacial score (nSPS) is 11.5. The molecule has 1 saturated carbocycles. The molecule has 0 saturated heterocycles. The maximum Gasteiger partial charge on any atom is 4.00 e. The third kappa shape index (κ3) is 17.0. The summed E-state index contributed by atoms with van der Waals surface area (Å²) < 4.78 is 0. The molecular weight excluding hydrogens is 414 g/mol. The van der Waals surface area contributed by atoms with E-state index in [1.807, 2.05) is 0 Å². The largest absolute Gasteiger partial charge is 4.00 e. The minimum absolute atomic E-state index is 0. The number of halogens is 2. The van der Waals surface area contributed by atoms with Crippen molar-refractivity contribution in [3.05, 3.63) is 72.5 Å². The second kappa shape index (κ2) is 19.5. The molecule has 0 aromatic heterocycles. The fourth-order valence-corrected chi connectivity index (χ4v) is 2.33. The molecule has 0 aliphatic heterocycles. The zero-order valence-corrected chi connectivity index (χ0v) is 20.0. The van der Waals surface area contributed by atoms with Gasteiger partial charge in [0.2, 0.25) is 0 Å². The second-order valence-corrected chi connectivity index (χ2v) is 5.86. The van der Waals surface area contributed by atoms with Crippen LogP contribution in [0.4, 0.5) is 0 Å². The van der Waals surface area contributed by atoms with Crippen LogP contribution in [0.15, 0.2) is 36.4 Å². The topological polar surface area (TPSA) is 0 Å². The average molecular weight is 449 g/mol. The van der Waals surface area contributed by atoms with Crippen LogP contribution in [0.5, 0.6) is 0 Å². The Hall–Kier alpha value is 0.163. The van der Waals surface area contributed by atoms with Gasteiger partial charge in [-0.15, -0.1) is 24.8 Å². The Morgan fingerprint density at radius 2 is 0.917 bits per heavy atom. The van der Waals surface area contributed by atoms with E-state index in [4.69, 9.17) is 0 Å². The van der Waals surface area contributed by atoms with Gasteiger partial charge in [-0.25, -0.2) is 24.3 Å². The second-order valence-electron chi connectivity index (χ2n) is 5.86. The van der Waals surface area contributed by atoms with Crippen molar-refractivity contribution in [2.75, 3.05) is 0 Å². The molecule has 0 nitrogen and oxygen atoms in total. The van der Waals surface area contributed by atoms with Gasteiger partial charge in [0, 0.05) is 0 Å². The molecule has 3 rings (SSSR count). The zero-order valence-electron chi connectivity index (χ0n) is 15.9. The number of rotatable bonds is 0. The summed E-state index contributed by atoms with van der Waals surface area (Å²) in [5.74, 6) is 0. The van der Waals surface area contributed by atoms with Gasteiger partial charge in [-0.2, -0.15) is 47.2 Å². The summed E-state index contributed by atoms with van der Waals surface area (Å²) in [6.45, 7) is 8.42. The Bertz CT molecular complexity index is 385. The SMILES string of the molecule is Cc1ccc(C)[cH-]1.Cc1ccc(C)[cH-]1.Cl.Cl.[CH-]1CCCCC1.[CH3-].[Zr+4]. The molecule has 0 amide bonds. The molecule has 24 heavy (non-hydrogen) atoms. The van der Waals surface area contributed by atoms with Crippen LogP contribution in [0.2, 0.25) is 0 Å². The summed E-state index contributed by atoms with van der Waals surface area (Å²) in [6, 6.07) is 12.8. The van der Waals surface area contributed by atoms with Crippen LogP contribution in [-0.4, -0.2) is 0 Å². The summed E-state index contributed by atoms with van der Waals surface area (Å²) in [5, 5.41) is 0. The van der Waals surface area contributed by atoms with E-state index in [1.54, 1.807) is 0 Å². The molecule has 1 aliphatic carbocycles. The fourth-order valence-electron chi connectivity index (χ4n) is 2.33. The Morgan fingerprint density at radius 3 is 1.00 bits per heavy atom. The van der Waals surface area contributed by atoms with Gasteiger partial charge in [0.15, 0.2) is 0 Å². The minimum atomic E-state index is 0. The van der Waals surface area contributed by atoms with E-state index in [9.17, 15) is 0 Å². The van der Waals surface area contributed by atoms with Crippen molar-refractivity contribution in [2.24, 2.45) is 0 Å². The van der Waals surface area contributed by atoms with Gasteiger partial charge in [0.25, 0.3) is 0 Å². The molecule has 2 aromatic carbocycles. The molecule has 0 atom stereocenters. The van der Waals surface area contributed by atoms with Crippen LogP contribution in [0, 0.1) is 41.5 Å². The number of hydrogen-bond acceptors (Lipinski definition) is 0. The van der Waals surface area contributed by atoms with Gasteiger partial charge in [0.05, 0.1) is 0 Å². The summed E-state index contributed by atoms with van der Waals surface area (Å²) in [4.78, 5) is 0. The van der Waals surface area contributed by atoms with Gasteiger partial charge in [-0.3, -0.25) is 0 Å². The van der Waals surface area contributed by atoms with Crippen molar-refractivity contribution in [1.82, 2.24) is 0 Å². The first kappa shape index (κ1) is 31.9. The average Bonchev–Trinajstić information content (AvgIpc) is 3.01. The summed E-state index contributed by atoms with van der Waals surface area (Å²) in [6.07, 6.45) is 9.50. The molecule has 0 unspecified atom stereocenters. The molecule has 2 aromatic rings. The van der Waals surface area contributed by atoms with Crippen LogP contribution < -0.4 is 0 Å². The third-order valence-electron chi connectivity index (χ3n) is 3.45. The Labute approximate surface area is 182 Å². The standard InChI is InChI=1S/2C7H9.C6H11.CH3.2ClH.Zr/c2*1-6-3-4-7(2)5-6;1-2-4-6-5-3-1;;;;/h2*3-5H,1-2H3;1H,2-6H2;1H3;2*1H;/q4*-1;;;+4. The van der Waals surface area contributed by atoms with Gasteiger partial charge in [0.1, 0.15) is 0 Å². The summed E-state index contributed by atoms with van der Waals surface area (Å²) in [5.41, 5.74) is 5.44. The van der Waals surface area contributed by atoms with Gasteiger partial charge in [-0.1, -0.05) is 47.0 Å². The number of hydrogen-bond donors (Lipinski definition) is 0. The molecule has 0 radical (unpaired) electrons. The van der Waals surface area contributed by atoms with Crippen LogP contribution >= 0.6 is 24.8 Å². The monoisotopic (exact) mass is 446 g/mol. The van der Waals surface area contributed by atoms with E-state index in [-0.39, 0.29) is 58.4 Å². The zero-order chi connectivity index (χ0) is 14.8. The van der Waals surface area contributed by atoms with Crippen molar-refractivity contribution in [2.45, 2.75) is 59.8 Å². The molecule has 0 spiro atoms. The quantitative estimate of drug-likeness (QED) is 0.366. The molecule has 1 aliphatic rings. The van der Waals surface area contributed by atoms with Crippen molar-refractivity contribution in [3.63, 3.8) is 0 Å². The summed E-state index contributed by atoms with van der Waals surface area (Å²) in [7, 11) is 0. The minimum Gasteiger partial charge on any atom is -0.358 e. The predicted octanol–water partition coefficient (Wildman–Crippen LogP) is 7.49. The molecule has 0 N–H and O–H groups in total. The smallest absolute Gasteiger partial charge is 0.358 e. The van der Waals surface area contributed by atoms with Crippen molar-refractivity contribution < 1.29 is 26.2 Å². The fraction of sp³-hybridized carbons (Fsp3) is 0.429. The molecule has 0 heterocycles. The van der Waals surface area contributed by atoms with Crippen LogP contribution in [0.3, 0.4) is 0 Å². The maximum absolute atomic E-state index is 2.39. The van der Waals surface area contributed by atoms with Gasteiger partial charge < -0.3 is 13.8 Å². The molecule has 1 fully saturated rings. The molecular formula is C21H34Cl2Zr. The van der Waals surface area contributed by atoms with Crippen molar-refractivity contribution in [1.29, 1.82) is 0 Å². The Kier molecular flexibility index (Phi) is 25.9. The Morgan fingerprint density at radius 1 is 0.625 bits per heavy atom. The van der Waals surface area contributed by atoms with E-state index in [0.29, 0.717) is 0 Å². The summed E-state index contributed by atoms with van der Waals surface area (Å²) >= 11 is 0. The van der Waals surface area contributed by atoms with Gasteiger partial charge >= 0.3 is 26.2 Å². The first-order valence-electron chi connectivity index (χ1n) is 7.79. The van der Waals surface area contributed by atoms with E-state index in [2.05, 4.69) is 70.5 Å². The third-order valence-corrected chi connectivity index (χ3v) is 3.45. The van der Waals surface area contributed by atoms with Crippen LogP contribution in [0.1, 0.15) is 54.4 Å². The van der Waals surface area contributed by atoms with Crippen LogP contribution in [-0.2, 0) is 26.2 Å². The first-order chi connectivity index (χ1) is 9.58. The van der Waals surface area contributed by atoms with E-state index in [1.165, 1.54) is 54.4 Å². The maximum atomic E-state index is 2.39. The van der Waals surface area contributed by atoms with E-state index in [0.717, 1.165) is 0 Å². The number of aryl methyl sites for hydroxylation is 4. The Balaban J connectivity index is -0.000000116.